The maximum absolute atomic E-state index is 12.8. The molecule has 0 aromatic heterocycles. The van der Waals surface area contributed by atoms with Crippen LogP contribution in [0.2, 0.25) is 0 Å². The molecule has 1 amide bonds. The van der Waals surface area contributed by atoms with E-state index in [1.165, 1.54) is 14.0 Å². The Morgan fingerprint density at radius 1 is 1.21 bits per heavy atom. The van der Waals surface area contributed by atoms with E-state index in [9.17, 15) is 14.7 Å². The number of morpholine rings is 1. The summed E-state index contributed by atoms with van der Waals surface area (Å²) in [5, 5.41) is 10.4. The Labute approximate surface area is 170 Å². The van der Waals surface area contributed by atoms with Gasteiger partial charge in [0.15, 0.2) is 11.5 Å². The number of carbonyl (C=O) groups is 2. The summed E-state index contributed by atoms with van der Waals surface area (Å²) >= 11 is 0. The van der Waals surface area contributed by atoms with Crippen molar-refractivity contribution in [2.24, 2.45) is 0 Å². The quantitative estimate of drug-likeness (QED) is 0.706. The average molecular weight is 404 g/mol. The smallest absolute Gasteiger partial charge is 0.290 e. The van der Waals surface area contributed by atoms with E-state index in [1.54, 1.807) is 30.2 Å². The van der Waals surface area contributed by atoms with Gasteiger partial charge in [-0.25, -0.2) is 0 Å². The normalized spacial score (nSPS) is 20.3. The van der Waals surface area contributed by atoms with Crippen molar-refractivity contribution in [1.82, 2.24) is 9.80 Å². The van der Waals surface area contributed by atoms with Crippen molar-refractivity contribution in [1.29, 1.82) is 0 Å². The first-order valence-corrected chi connectivity index (χ1v) is 9.75. The summed E-state index contributed by atoms with van der Waals surface area (Å²) in [7, 11) is 3.08. The molecular formula is C21H28N2O6. The number of aliphatic hydroxyl groups excluding tert-OH is 1. The van der Waals surface area contributed by atoms with Gasteiger partial charge in [-0.1, -0.05) is 0 Å². The van der Waals surface area contributed by atoms with E-state index < -0.39 is 17.7 Å². The number of amides is 1. The molecule has 2 aliphatic heterocycles. The highest BCUT2D eigenvalue weighted by Gasteiger charge is 2.43. The number of Topliss-reactive ketones (excluding diaryl/α,β-unsaturated/α-hetero) is 1. The zero-order valence-corrected chi connectivity index (χ0v) is 17.1. The molecule has 1 fully saturated rings. The average Bonchev–Trinajstić information content (AvgIpc) is 2.99. The van der Waals surface area contributed by atoms with Gasteiger partial charge in [-0.3, -0.25) is 14.5 Å². The molecule has 1 N–H and O–H groups in total. The number of carbonyl (C=O) groups excluding carboxylic acids is 2. The van der Waals surface area contributed by atoms with Crippen LogP contribution < -0.4 is 9.47 Å². The van der Waals surface area contributed by atoms with Crippen molar-refractivity contribution in [3.05, 3.63) is 35.1 Å². The summed E-state index contributed by atoms with van der Waals surface area (Å²) in [6.45, 7) is 5.75. The standard InChI is InChI=1S/C21H28N2O6/c1-14(24)18-19(16-6-5-15(27-2)13-17(16)28-3)23(21(26)20(18)25)8-4-7-22-9-11-29-12-10-22/h5-6,13,19,25H,4,7-12H2,1-3H3. The van der Waals surface area contributed by atoms with Crippen LogP contribution in [0.5, 0.6) is 11.5 Å². The van der Waals surface area contributed by atoms with Gasteiger partial charge in [0.2, 0.25) is 0 Å². The summed E-state index contributed by atoms with van der Waals surface area (Å²) in [5.74, 6) is -0.249. The van der Waals surface area contributed by atoms with Crippen molar-refractivity contribution in [2.45, 2.75) is 19.4 Å². The molecule has 3 rings (SSSR count). The van der Waals surface area contributed by atoms with E-state index in [4.69, 9.17) is 14.2 Å². The van der Waals surface area contributed by atoms with E-state index in [0.717, 1.165) is 26.1 Å². The molecule has 8 nitrogen and oxygen atoms in total. The van der Waals surface area contributed by atoms with Gasteiger partial charge in [-0.15, -0.1) is 0 Å². The van der Waals surface area contributed by atoms with Crippen molar-refractivity contribution >= 4 is 11.7 Å². The van der Waals surface area contributed by atoms with Gasteiger partial charge in [-0.05, 0) is 25.5 Å². The van der Waals surface area contributed by atoms with E-state index in [2.05, 4.69) is 4.90 Å². The highest BCUT2D eigenvalue weighted by atomic mass is 16.5. The minimum atomic E-state index is -0.689. The first kappa shape index (κ1) is 21.1. The third-order valence-electron chi connectivity index (χ3n) is 5.40. The fraction of sp³-hybridized carbons (Fsp3) is 0.524. The number of rotatable bonds is 8. The molecule has 8 heteroatoms. The number of nitrogens with zero attached hydrogens (tertiary/aromatic N) is 2. The molecule has 0 spiro atoms. The van der Waals surface area contributed by atoms with Crippen LogP contribution in [0.15, 0.2) is 29.5 Å². The van der Waals surface area contributed by atoms with E-state index in [1.807, 2.05) is 0 Å². The molecule has 0 aliphatic carbocycles. The molecule has 158 valence electrons. The largest absolute Gasteiger partial charge is 0.503 e. The first-order valence-electron chi connectivity index (χ1n) is 9.75. The lowest BCUT2D eigenvalue weighted by Gasteiger charge is -2.30. The maximum Gasteiger partial charge on any atom is 0.290 e. The third kappa shape index (κ3) is 4.38. The monoisotopic (exact) mass is 404 g/mol. The Kier molecular flexibility index (Phi) is 6.76. The number of methoxy groups -OCH3 is 2. The molecular weight excluding hydrogens is 376 g/mol. The highest BCUT2D eigenvalue weighted by Crippen LogP contribution is 2.42. The number of hydrogen-bond acceptors (Lipinski definition) is 7. The van der Waals surface area contributed by atoms with Gasteiger partial charge in [0, 0.05) is 37.8 Å². The summed E-state index contributed by atoms with van der Waals surface area (Å²) in [6, 6.07) is 4.54. The van der Waals surface area contributed by atoms with Crippen LogP contribution in [0.4, 0.5) is 0 Å². The minimum Gasteiger partial charge on any atom is -0.503 e. The zero-order chi connectivity index (χ0) is 21.0. The molecule has 29 heavy (non-hydrogen) atoms. The molecule has 2 aliphatic rings. The maximum atomic E-state index is 12.8. The number of benzene rings is 1. The third-order valence-corrected chi connectivity index (χ3v) is 5.40. The van der Waals surface area contributed by atoms with Crippen molar-refractivity contribution < 1.29 is 28.9 Å². The molecule has 1 aromatic carbocycles. The number of ether oxygens (including phenoxy) is 3. The summed E-state index contributed by atoms with van der Waals surface area (Å²) < 4.78 is 16.1. The van der Waals surface area contributed by atoms with Crippen LogP contribution in [0.25, 0.3) is 0 Å². The number of aliphatic hydroxyl groups is 1. The highest BCUT2D eigenvalue weighted by molar-refractivity contribution is 6.08. The Bertz CT molecular complexity index is 800. The van der Waals surface area contributed by atoms with Gasteiger partial charge >= 0.3 is 0 Å². The van der Waals surface area contributed by atoms with E-state index in [-0.39, 0.29) is 11.4 Å². The zero-order valence-electron chi connectivity index (χ0n) is 17.1. The molecule has 1 saturated heterocycles. The molecule has 0 bridgehead atoms. The number of hydrogen-bond donors (Lipinski definition) is 1. The van der Waals surface area contributed by atoms with Gasteiger partial charge in [-0.2, -0.15) is 0 Å². The van der Waals surface area contributed by atoms with E-state index in [0.29, 0.717) is 36.8 Å². The lowest BCUT2D eigenvalue weighted by atomic mass is 9.95. The molecule has 1 aromatic rings. The van der Waals surface area contributed by atoms with Gasteiger partial charge in [0.05, 0.1) is 39.0 Å². The van der Waals surface area contributed by atoms with Crippen molar-refractivity contribution in [2.75, 3.05) is 53.6 Å². The minimum absolute atomic E-state index is 0.102. The van der Waals surface area contributed by atoms with Crippen LogP contribution in [0.3, 0.4) is 0 Å². The van der Waals surface area contributed by atoms with Crippen LogP contribution in [-0.2, 0) is 14.3 Å². The molecule has 1 atom stereocenters. The van der Waals surface area contributed by atoms with Crippen LogP contribution in [-0.4, -0.2) is 80.2 Å². The van der Waals surface area contributed by atoms with Crippen molar-refractivity contribution in [3.63, 3.8) is 0 Å². The molecule has 0 radical (unpaired) electrons. The van der Waals surface area contributed by atoms with Gasteiger partial charge < -0.3 is 24.2 Å². The van der Waals surface area contributed by atoms with Crippen molar-refractivity contribution in [3.8, 4) is 11.5 Å². The fourth-order valence-electron chi connectivity index (χ4n) is 3.90. The Morgan fingerprint density at radius 3 is 2.55 bits per heavy atom. The Hall–Kier alpha value is -2.58. The summed E-state index contributed by atoms with van der Waals surface area (Å²) in [4.78, 5) is 28.9. The predicted molar refractivity (Wildman–Crippen MR) is 106 cm³/mol. The van der Waals surface area contributed by atoms with Crippen LogP contribution in [0, 0.1) is 0 Å². The lowest BCUT2D eigenvalue weighted by Crippen LogP contribution is -2.39. The second-order valence-electron chi connectivity index (χ2n) is 7.13. The Morgan fingerprint density at radius 2 is 1.93 bits per heavy atom. The first-order chi connectivity index (χ1) is 14.0. The molecule has 2 heterocycles. The lowest BCUT2D eigenvalue weighted by molar-refractivity contribution is -0.129. The van der Waals surface area contributed by atoms with Crippen LogP contribution >= 0.6 is 0 Å². The Balaban J connectivity index is 1.86. The summed E-state index contributed by atoms with van der Waals surface area (Å²) in [6.07, 6.45) is 0.721. The molecule has 0 saturated carbocycles. The summed E-state index contributed by atoms with van der Waals surface area (Å²) in [5.41, 5.74) is 0.743. The molecule has 1 unspecified atom stereocenters. The topological polar surface area (TPSA) is 88.5 Å². The predicted octanol–water partition coefficient (Wildman–Crippen LogP) is 1.71. The van der Waals surface area contributed by atoms with Crippen LogP contribution in [0.1, 0.15) is 24.9 Å². The van der Waals surface area contributed by atoms with Gasteiger partial charge in [0.1, 0.15) is 11.5 Å². The SMILES string of the molecule is COc1ccc(C2C(C(C)=O)=C(O)C(=O)N2CCCN2CCOCC2)c(OC)c1. The number of ketones is 1. The van der Waals surface area contributed by atoms with E-state index >= 15 is 0 Å². The second kappa shape index (κ2) is 9.28. The second-order valence-corrected chi connectivity index (χ2v) is 7.13. The fourth-order valence-corrected chi connectivity index (χ4v) is 3.90. The van der Waals surface area contributed by atoms with Gasteiger partial charge in [0.25, 0.3) is 5.91 Å².